The van der Waals surface area contributed by atoms with Crippen molar-refractivity contribution in [3.05, 3.63) is 102 Å². The van der Waals surface area contributed by atoms with E-state index in [9.17, 15) is 0 Å². The van der Waals surface area contributed by atoms with Crippen LogP contribution in [0.3, 0.4) is 0 Å². The number of hydrogen-bond acceptors (Lipinski definition) is 5. The normalized spacial score (nSPS) is 10.9. The summed E-state index contributed by atoms with van der Waals surface area (Å²) >= 11 is 6.14. The summed E-state index contributed by atoms with van der Waals surface area (Å²) in [6.45, 7) is 0.639. The minimum atomic E-state index is 0.461. The van der Waals surface area contributed by atoms with Crippen molar-refractivity contribution >= 4 is 40.1 Å². The highest BCUT2D eigenvalue weighted by molar-refractivity contribution is 6.30. The molecule has 6 nitrogen and oxygen atoms in total. The Morgan fingerprint density at radius 1 is 0.839 bits per heavy atom. The molecule has 0 radical (unpaired) electrons. The van der Waals surface area contributed by atoms with Gasteiger partial charge in [0.05, 0.1) is 17.3 Å². The van der Waals surface area contributed by atoms with Crippen molar-refractivity contribution in [2.75, 3.05) is 10.6 Å². The topological polar surface area (TPSA) is 67.7 Å². The van der Waals surface area contributed by atoms with Crippen molar-refractivity contribution < 1.29 is 0 Å². The van der Waals surface area contributed by atoms with Crippen molar-refractivity contribution in [1.82, 2.24) is 19.7 Å². The van der Waals surface area contributed by atoms with E-state index in [1.807, 2.05) is 77.5 Å². The maximum absolute atomic E-state index is 6.14. The second-order valence-corrected chi connectivity index (χ2v) is 7.44. The highest BCUT2D eigenvalue weighted by Crippen LogP contribution is 2.26. The van der Waals surface area contributed by atoms with Gasteiger partial charge in [0.2, 0.25) is 5.95 Å². The van der Waals surface area contributed by atoms with E-state index in [-0.39, 0.29) is 0 Å². The third kappa shape index (κ3) is 4.20. The molecule has 0 saturated heterocycles. The zero-order chi connectivity index (χ0) is 21.0. The van der Waals surface area contributed by atoms with Gasteiger partial charge in [-0.2, -0.15) is 15.1 Å². The fourth-order valence-corrected chi connectivity index (χ4v) is 3.52. The summed E-state index contributed by atoms with van der Waals surface area (Å²) < 4.78 is 1.81. The van der Waals surface area contributed by atoms with Gasteiger partial charge in [-0.25, -0.2) is 4.68 Å². The predicted molar refractivity (Wildman–Crippen MR) is 125 cm³/mol. The van der Waals surface area contributed by atoms with E-state index in [1.165, 1.54) is 0 Å². The van der Waals surface area contributed by atoms with Gasteiger partial charge < -0.3 is 10.6 Å². The Morgan fingerprint density at radius 3 is 2.39 bits per heavy atom. The molecule has 0 bridgehead atoms. The fourth-order valence-electron chi connectivity index (χ4n) is 3.33. The van der Waals surface area contributed by atoms with Gasteiger partial charge in [-0.15, -0.1) is 0 Å². The first-order chi connectivity index (χ1) is 15.3. The summed E-state index contributed by atoms with van der Waals surface area (Å²) in [6, 6.07) is 27.6. The third-order valence-electron chi connectivity index (χ3n) is 4.81. The van der Waals surface area contributed by atoms with Crippen molar-refractivity contribution in [3.8, 4) is 5.69 Å². The van der Waals surface area contributed by atoms with Crippen molar-refractivity contribution in [1.29, 1.82) is 0 Å². The largest absolute Gasteiger partial charge is 0.365 e. The molecule has 5 rings (SSSR count). The van der Waals surface area contributed by atoms with Crippen LogP contribution in [0.1, 0.15) is 5.56 Å². The molecule has 31 heavy (non-hydrogen) atoms. The molecule has 0 unspecified atom stereocenters. The molecule has 0 fully saturated rings. The number of nitrogens with zero attached hydrogens (tertiary/aromatic N) is 4. The summed E-state index contributed by atoms with van der Waals surface area (Å²) in [6.07, 6.45) is 1.79. The van der Waals surface area contributed by atoms with Gasteiger partial charge in [0.1, 0.15) is 5.82 Å². The Morgan fingerprint density at radius 2 is 1.61 bits per heavy atom. The van der Waals surface area contributed by atoms with Gasteiger partial charge in [0.15, 0.2) is 5.65 Å². The van der Waals surface area contributed by atoms with Gasteiger partial charge in [-0.05, 0) is 35.9 Å². The van der Waals surface area contributed by atoms with E-state index in [0.29, 0.717) is 29.0 Å². The smallest absolute Gasteiger partial charge is 0.231 e. The maximum Gasteiger partial charge on any atom is 0.231 e. The average molecular weight is 427 g/mol. The molecule has 152 valence electrons. The second kappa shape index (κ2) is 8.45. The van der Waals surface area contributed by atoms with Crippen molar-refractivity contribution in [2.24, 2.45) is 0 Å². The Balaban J connectivity index is 1.57. The number of fused-ring (bicyclic) bond motifs is 1. The van der Waals surface area contributed by atoms with Crippen LogP contribution in [0.2, 0.25) is 5.02 Å². The lowest BCUT2D eigenvalue weighted by molar-refractivity contribution is 0.896. The zero-order valence-electron chi connectivity index (χ0n) is 16.5. The van der Waals surface area contributed by atoms with E-state index in [0.717, 1.165) is 22.3 Å². The Labute approximate surface area is 184 Å². The minimum Gasteiger partial charge on any atom is -0.365 e. The van der Waals surface area contributed by atoms with Crippen LogP contribution in [-0.2, 0) is 6.54 Å². The number of nitrogens with one attached hydrogen (secondary N) is 2. The summed E-state index contributed by atoms with van der Waals surface area (Å²) in [7, 11) is 0. The molecule has 0 aliphatic rings. The molecule has 0 aliphatic heterocycles. The quantitative estimate of drug-likeness (QED) is 0.358. The first-order valence-corrected chi connectivity index (χ1v) is 10.3. The molecule has 0 aliphatic carbocycles. The fraction of sp³-hybridized carbons (Fsp3) is 0.0417. The third-order valence-corrected chi connectivity index (χ3v) is 5.05. The summed E-state index contributed by atoms with van der Waals surface area (Å²) in [5, 5.41) is 12.7. The highest BCUT2D eigenvalue weighted by Gasteiger charge is 2.14. The molecular formula is C24H19ClN6. The van der Waals surface area contributed by atoms with Gasteiger partial charge >= 0.3 is 0 Å². The van der Waals surface area contributed by atoms with Crippen LogP contribution in [0.4, 0.5) is 17.5 Å². The Hall–Kier alpha value is -3.90. The minimum absolute atomic E-state index is 0.461. The number of para-hydroxylation sites is 1. The van der Waals surface area contributed by atoms with Crippen LogP contribution >= 0.6 is 11.6 Å². The van der Waals surface area contributed by atoms with Crippen molar-refractivity contribution in [2.45, 2.75) is 6.54 Å². The first kappa shape index (κ1) is 19.1. The van der Waals surface area contributed by atoms with E-state index in [4.69, 9.17) is 21.6 Å². The standard InChI is InChI=1S/C24H19ClN6/c25-18-10-7-11-19(14-18)28-24-29-22(26-15-17-8-3-1-4-9-17)21-16-27-31(23(21)30-24)20-12-5-2-6-13-20/h1-14,16H,15H2,(H2,26,28,29,30). The van der Waals surface area contributed by atoms with Gasteiger partial charge in [0, 0.05) is 17.3 Å². The Bertz CT molecular complexity index is 1320. The number of halogens is 1. The second-order valence-electron chi connectivity index (χ2n) is 7.00. The van der Waals surface area contributed by atoms with Crippen LogP contribution in [-0.4, -0.2) is 19.7 Å². The van der Waals surface area contributed by atoms with Gasteiger partial charge in [-0.3, -0.25) is 0 Å². The average Bonchev–Trinajstić information content (AvgIpc) is 3.23. The number of hydrogen-bond donors (Lipinski definition) is 2. The van der Waals surface area contributed by atoms with Crippen molar-refractivity contribution in [3.63, 3.8) is 0 Å². The molecule has 5 aromatic rings. The highest BCUT2D eigenvalue weighted by atomic mass is 35.5. The number of rotatable bonds is 6. The monoisotopic (exact) mass is 426 g/mol. The molecule has 7 heteroatoms. The number of aromatic nitrogens is 4. The molecular weight excluding hydrogens is 408 g/mol. The predicted octanol–water partition coefficient (Wildman–Crippen LogP) is 5.82. The van der Waals surface area contributed by atoms with E-state index >= 15 is 0 Å². The van der Waals surface area contributed by atoms with E-state index in [2.05, 4.69) is 27.9 Å². The van der Waals surface area contributed by atoms with Gasteiger partial charge in [0.25, 0.3) is 0 Å². The molecule has 3 aromatic carbocycles. The molecule has 0 atom stereocenters. The molecule has 0 amide bonds. The lowest BCUT2D eigenvalue weighted by atomic mass is 10.2. The first-order valence-electron chi connectivity index (χ1n) is 9.88. The zero-order valence-corrected chi connectivity index (χ0v) is 17.3. The molecule has 0 spiro atoms. The van der Waals surface area contributed by atoms with Gasteiger partial charge in [-0.1, -0.05) is 66.2 Å². The van der Waals surface area contributed by atoms with Crippen LogP contribution in [0.5, 0.6) is 0 Å². The Kier molecular flexibility index (Phi) is 5.21. The molecule has 0 saturated carbocycles. The number of benzene rings is 3. The number of anilines is 3. The molecule has 2 aromatic heterocycles. The van der Waals surface area contributed by atoms with Crippen LogP contribution < -0.4 is 10.6 Å². The maximum atomic E-state index is 6.14. The SMILES string of the molecule is Clc1cccc(Nc2nc(NCc3ccccc3)c3cnn(-c4ccccc4)c3n2)c1. The lowest BCUT2D eigenvalue weighted by Crippen LogP contribution is -2.06. The van der Waals surface area contributed by atoms with E-state index in [1.54, 1.807) is 6.20 Å². The van der Waals surface area contributed by atoms with E-state index < -0.39 is 0 Å². The lowest BCUT2D eigenvalue weighted by Gasteiger charge is -2.11. The van der Waals surface area contributed by atoms with Crippen LogP contribution in [0.25, 0.3) is 16.7 Å². The molecule has 2 N–H and O–H groups in total. The van der Waals surface area contributed by atoms with Crippen LogP contribution in [0.15, 0.2) is 91.1 Å². The molecule has 2 heterocycles. The van der Waals surface area contributed by atoms with Crippen LogP contribution in [0, 0.1) is 0 Å². The summed E-state index contributed by atoms with van der Waals surface area (Å²) in [5.74, 6) is 1.17. The summed E-state index contributed by atoms with van der Waals surface area (Å²) in [5.41, 5.74) is 3.61. The summed E-state index contributed by atoms with van der Waals surface area (Å²) in [4.78, 5) is 9.47.